The van der Waals surface area contributed by atoms with Crippen LogP contribution in [0.4, 0.5) is 4.39 Å². The molecule has 1 aliphatic rings. The molecule has 1 aliphatic heterocycles. The Morgan fingerprint density at radius 2 is 2.08 bits per heavy atom. The van der Waals surface area contributed by atoms with Gasteiger partial charge in [0.1, 0.15) is 5.82 Å². The van der Waals surface area contributed by atoms with Gasteiger partial charge in [0, 0.05) is 23.4 Å². The van der Waals surface area contributed by atoms with E-state index in [2.05, 4.69) is 27.8 Å². The number of ether oxygens (including phenoxy) is 2. The number of amides is 1. The number of carbonyl (C=O) groups excluding carboxylic acids is 1. The lowest BCUT2D eigenvalue weighted by Crippen LogP contribution is -2.27. The van der Waals surface area contributed by atoms with Crippen LogP contribution in [-0.2, 0) is 14.3 Å². The third-order valence-electron chi connectivity index (χ3n) is 3.77. The fourth-order valence-corrected chi connectivity index (χ4v) is 2.96. The molecule has 6 heteroatoms. The van der Waals surface area contributed by atoms with Crippen molar-refractivity contribution in [1.82, 2.24) is 5.32 Å². The zero-order valence-electron chi connectivity index (χ0n) is 13.6. The first kappa shape index (κ1) is 18.3. The van der Waals surface area contributed by atoms with Crippen LogP contribution < -0.4 is 5.32 Å². The Bertz CT molecular complexity index is 712. The van der Waals surface area contributed by atoms with E-state index in [4.69, 9.17) is 9.47 Å². The summed E-state index contributed by atoms with van der Waals surface area (Å²) >= 11 is 3.34. The molecule has 1 heterocycles. The number of benzene rings is 1. The van der Waals surface area contributed by atoms with Gasteiger partial charge in [-0.15, -0.1) is 0 Å². The average molecular weight is 396 g/mol. The molecule has 1 atom stereocenters. The molecule has 0 saturated heterocycles. The summed E-state index contributed by atoms with van der Waals surface area (Å²) in [5, 5.41) is 2.76. The lowest BCUT2D eigenvalue weighted by Gasteiger charge is -2.23. The third kappa shape index (κ3) is 4.06. The molecule has 1 N–H and O–H groups in total. The second-order valence-corrected chi connectivity index (χ2v) is 6.17. The second-order valence-electron chi connectivity index (χ2n) is 5.26. The summed E-state index contributed by atoms with van der Waals surface area (Å²) in [6.07, 6.45) is 3.51. The number of hydrogen-bond donors (Lipinski definition) is 1. The van der Waals surface area contributed by atoms with Gasteiger partial charge in [-0.25, -0.2) is 4.39 Å². The zero-order chi connectivity index (χ0) is 17.7. The summed E-state index contributed by atoms with van der Waals surface area (Å²) in [4.78, 5) is 12.2. The lowest BCUT2D eigenvalue weighted by atomic mass is 9.86. The molecule has 0 saturated carbocycles. The van der Waals surface area contributed by atoms with Gasteiger partial charge in [0.15, 0.2) is 11.5 Å². The Morgan fingerprint density at radius 1 is 1.33 bits per heavy atom. The second kappa shape index (κ2) is 8.15. The molecule has 0 aliphatic carbocycles. The Balaban J connectivity index is 2.58. The quantitative estimate of drug-likeness (QED) is 0.846. The van der Waals surface area contributed by atoms with Crippen molar-refractivity contribution in [2.45, 2.75) is 12.3 Å². The largest absolute Gasteiger partial charge is 0.493 e. The molecule has 0 fully saturated rings. The maximum absolute atomic E-state index is 14.4. The predicted octanol–water partition coefficient (Wildman–Crippen LogP) is 3.81. The molecular weight excluding hydrogens is 377 g/mol. The first-order valence-corrected chi connectivity index (χ1v) is 8.16. The molecule has 0 radical (unpaired) electrons. The standard InChI is InChI=1S/C18H19BrFNO3/c1-11-13(14-9-12(19)6-7-15(14)20)10-17(22)21-8-4-5-16(23-2)18(11)24-3/h4-7,9,13H,1,8,10H2,2-3H3,(H,21,22)/b5-4-,18-16-. The van der Waals surface area contributed by atoms with Crippen molar-refractivity contribution < 1.29 is 18.7 Å². The van der Waals surface area contributed by atoms with E-state index >= 15 is 0 Å². The SMILES string of the molecule is C=C1/C(OC)=C(OC)\C=C/CNC(=O)CC1c1cc(Br)ccc1F. The van der Waals surface area contributed by atoms with E-state index < -0.39 is 11.7 Å². The number of methoxy groups -OCH3 is 2. The highest BCUT2D eigenvalue weighted by atomic mass is 79.9. The van der Waals surface area contributed by atoms with Crippen molar-refractivity contribution in [3.63, 3.8) is 0 Å². The number of nitrogens with one attached hydrogen (secondary N) is 1. The predicted molar refractivity (Wildman–Crippen MR) is 93.8 cm³/mol. The fourth-order valence-electron chi connectivity index (χ4n) is 2.58. The van der Waals surface area contributed by atoms with Gasteiger partial charge in [-0.3, -0.25) is 4.79 Å². The molecule has 2 rings (SSSR count). The van der Waals surface area contributed by atoms with E-state index in [1.807, 2.05) is 0 Å². The van der Waals surface area contributed by atoms with Gasteiger partial charge in [-0.05, 0) is 35.4 Å². The summed E-state index contributed by atoms with van der Waals surface area (Å²) in [5.41, 5.74) is 0.854. The first-order valence-electron chi connectivity index (χ1n) is 7.37. The van der Waals surface area contributed by atoms with Crippen LogP contribution in [0.3, 0.4) is 0 Å². The van der Waals surface area contributed by atoms with Crippen LogP contribution in [0.2, 0.25) is 0 Å². The Kier molecular flexibility index (Phi) is 6.20. The van der Waals surface area contributed by atoms with E-state index in [1.165, 1.54) is 20.3 Å². The van der Waals surface area contributed by atoms with E-state index in [0.29, 0.717) is 29.2 Å². The van der Waals surface area contributed by atoms with Gasteiger partial charge in [-0.1, -0.05) is 28.6 Å². The van der Waals surface area contributed by atoms with Crippen LogP contribution in [-0.4, -0.2) is 26.7 Å². The fraction of sp³-hybridized carbons (Fsp3) is 0.278. The number of halogens is 2. The van der Waals surface area contributed by atoms with Crippen molar-refractivity contribution in [2.24, 2.45) is 0 Å². The Labute approximate surface area is 149 Å². The van der Waals surface area contributed by atoms with Crippen molar-refractivity contribution in [1.29, 1.82) is 0 Å². The van der Waals surface area contributed by atoms with E-state index in [9.17, 15) is 9.18 Å². The van der Waals surface area contributed by atoms with Crippen LogP contribution in [0.15, 0.2) is 58.5 Å². The highest BCUT2D eigenvalue weighted by Gasteiger charge is 2.27. The van der Waals surface area contributed by atoms with Gasteiger partial charge in [-0.2, -0.15) is 0 Å². The molecule has 24 heavy (non-hydrogen) atoms. The molecule has 1 aromatic rings. The molecule has 1 aromatic carbocycles. The molecule has 4 nitrogen and oxygen atoms in total. The van der Waals surface area contributed by atoms with Crippen LogP contribution in [0.25, 0.3) is 0 Å². The minimum atomic E-state index is -0.575. The molecular formula is C18H19BrFNO3. The van der Waals surface area contributed by atoms with Gasteiger partial charge in [0.2, 0.25) is 5.91 Å². The minimum absolute atomic E-state index is 0.0594. The van der Waals surface area contributed by atoms with Crippen LogP contribution in [0, 0.1) is 5.82 Å². The monoisotopic (exact) mass is 395 g/mol. The highest BCUT2D eigenvalue weighted by Crippen LogP contribution is 2.36. The summed E-state index contributed by atoms with van der Waals surface area (Å²) < 4.78 is 25.9. The maximum Gasteiger partial charge on any atom is 0.221 e. The number of allylic oxidation sites excluding steroid dienone is 2. The van der Waals surface area contributed by atoms with Gasteiger partial charge in [0.25, 0.3) is 0 Å². The molecule has 1 unspecified atom stereocenters. The zero-order valence-corrected chi connectivity index (χ0v) is 15.2. The van der Waals surface area contributed by atoms with Crippen molar-refractivity contribution in [3.8, 4) is 0 Å². The van der Waals surface area contributed by atoms with Crippen molar-refractivity contribution >= 4 is 21.8 Å². The van der Waals surface area contributed by atoms with E-state index in [1.54, 1.807) is 24.3 Å². The molecule has 1 amide bonds. The van der Waals surface area contributed by atoms with Gasteiger partial charge >= 0.3 is 0 Å². The minimum Gasteiger partial charge on any atom is -0.493 e. The normalized spacial score (nSPS) is 23.4. The molecule has 0 aromatic heterocycles. The van der Waals surface area contributed by atoms with Crippen molar-refractivity contribution in [3.05, 3.63) is 69.9 Å². The van der Waals surface area contributed by atoms with E-state index in [0.717, 1.165) is 4.47 Å². The maximum atomic E-state index is 14.4. The molecule has 0 spiro atoms. The topological polar surface area (TPSA) is 47.6 Å². The van der Waals surface area contributed by atoms with Gasteiger partial charge < -0.3 is 14.8 Å². The molecule has 0 bridgehead atoms. The molecule has 128 valence electrons. The summed E-state index contributed by atoms with van der Waals surface area (Å²) in [6.45, 7) is 4.39. The lowest BCUT2D eigenvalue weighted by molar-refractivity contribution is -0.121. The first-order chi connectivity index (χ1) is 11.5. The smallest absolute Gasteiger partial charge is 0.221 e. The Hall–Kier alpha value is -2.08. The van der Waals surface area contributed by atoms with E-state index in [-0.39, 0.29) is 12.3 Å². The number of carbonyl (C=O) groups is 1. The third-order valence-corrected chi connectivity index (χ3v) is 4.26. The van der Waals surface area contributed by atoms with Crippen LogP contribution in [0.5, 0.6) is 0 Å². The van der Waals surface area contributed by atoms with Crippen molar-refractivity contribution in [2.75, 3.05) is 20.8 Å². The van der Waals surface area contributed by atoms with Gasteiger partial charge in [0.05, 0.1) is 14.2 Å². The highest BCUT2D eigenvalue weighted by molar-refractivity contribution is 9.10. The number of hydrogen-bond acceptors (Lipinski definition) is 3. The number of rotatable bonds is 3. The Morgan fingerprint density at radius 3 is 2.75 bits per heavy atom. The average Bonchev–Trinajstić information content (AvgIpc) is 2.57. The summed E-state index contributed by atoms with van der Waals surface area (Å²) in [5.74, 6) is -0.304. The van der Waals surface area contributed by atoms with Crippen LogP contribution >= 0.6 is 15.9 Å². The van der Waals surface area contributed by atoms with Crippen LogP contribution in [0.1, 0.15) is 17.9 Å². The summed E-state index contributed by atoms with van der Waals surface area (Å²) in [6, 6.07) is 4.62. The summed E-state index contributed by atoms with van der Waals surface area (Å²) in [7, 11) is 3.01.